The van der Waals surface area contributed by atoms with Gasteiger partial charge in [0.15, 0.2) is 0 Å². The third kappa shape index (κ3) is 3.02. The number of halogens is 1. The molecule has 1 saturated heterocycles. The van der Waals surface area contributed by atoms with Crippen LogP contribution in [-0.2, 0) is 9.53 Å². The highest BCUT2D eigenvalue weighted by molar-refractivity contribution is 6.30. The molecule has 1 heterocycles. The van der Waals surface area contributed by atoms with E-state index in [9.17, 15) is 4.79 Å². The SMILES string of the molecule is COC(=O)[C@H](c1ccc(Cl)cc1)N1CCNCC1. The number of piperazine rings is 1. The molecule has 1 aliphatic rings. The van der Waals surface area contributed by atoms with Crippen molar-refractivity contribution in [3.8, 4) is 0 Å². The standard InChI is InChI=1S/C13H17ClN2O2/c1-18-13(17)12(16-8-6-15-7-9-16)10-2-4-11(14)5-3-10/h2-5,12,15H,6-9H2,1H3/t12-/m0/s1. The molecule has 4 nitrogen and oxygen atoms in total. The summed E-state index contributed by atoms with van der Waals surface area (Å²) in [6.45, 7) is 3.45. The molecule has 0 unspecified atom stereocenters. The first-order valence-corrected chi connectivity index (χ1v) is 6.38. The van der Waals surface area contributed by atoms with Gasteiger partial charge in [-0.15, -0.1) is 0 Å². The van der Waals surface area contributed by atoms with Crippen molar-refractivity contribution >= 4 is 17.6 Å². The number of benzene rings is 1. The van der Waals surface area contributed by atoms with E-state index < -0.39 is 0 Å². The molecule has 0 aromatic heterocycles. The number of hydrogen-bond acceptors (Lipinski definition) is 4. The Balaban J connectivity index is 2.23. The Kier molecular flexibility index (Phi) is 4.58. The van der Waals surface area contributed by atoms with Crippen LogP contribution in [0.25, 0.3) is 0 Å². The lowest BCUT2D eigenvalue weighted by atomic mass is 10.0. The molecule has 0 radical (unpaired) electrons. The van der Waals surface area contributed by atoms with Crippen molar-refractivity contribution in [3.05, 3.63) is 34.9 Å². The van der Waals surface area contributed by atoms with Crippen molar-refractivity contribution < 1.29 is 9.53 Å². The smallest absolute Gasteiger partial charge is 0.327 e. The average molecular weight is 269 g/mol. The zero-order valence-electron chi connectivity index (χ0n) is 10.4. The van der Waals surface area contributed by atoms with Gasteiger partial charge in [0.25, 0.3) is 0 Å². The predicted octanol–water partition coefficient (Wildman–Crippen LogP) is 1.46. The molecule has 98 valence electrons. The zero-order chi connectivity index (χ0) is 13.0. The Bertz CT molecular complexity index is 402. The predicted molar refractivity (Wildman–Crippen MR) is 70.7 cm³/mol. The van der Waals surface area contributed by atoms with Crippen LogP contribution in [-0.4, -0.2) is 44.2 Å². The van der Waals surface area contributed by atoms with Gasteiger partial charge in [-0.3, -0.25) is 4.90 Å². The first-order chi connectivity index (χ1) is 8.72. The number of nitrogens with one attached hydrogen (secondary N) is 1. The van der Waals surface area contributed by atoms with Crippen molar-refractivity contribution in [2.45, 2.75) is 6.04 Å². The molecule has 5 heteroatoms. The Morgan fingerprint density at radius 2 is 1.94 bits per heavy atom. The van der Waals surface area contributed by atoms with Crippen molar-refractivity contribution in [2.24, 2.45) is 0 Å². The minimum Gasteiger partial charge on any atom is -0.468 e. The summed E-state index contributed by atoms with van der Waals surface area (Å²) in [5.74, 6) is -0.223. The second-order valence-electron chi connectivity index (χ2n) is 4.26. The number of carbonyl (C=O) groups is 1. The largest absolute Gasteiger partial charge is 0.468 e. The fourth-order valence-corrected chi connectivity index (χ4v) is 2.32. The van der Waals surface area contributed by atoms with Gasteiger partial charge in [-0.1, -0.05) is 23.7 Å². The minimum absolute atomic E-state index is 0.223. The van der Waals surface area contributed by atoms with E-state index in [-0.39, 0.29) is 12.0 Å². The van der Waals surface area contributed by atoms with E-state index in [2.05, 4.69) is 10.2 Å². The number of ether oxygens (including phenoxy) is 1. The van der Waals surface area contributed by atoms with Gasteiger partial charge in [-0.25, -0.2) is 4.79 Å². The van der Waals surface area contributed by atoms with Crippen molar-refractivity contribution in [2.75, 3.05) is 33.3 Å². The average Bonchev–Trinajstić information content (AvgIpc) is 2.42. The molecule has 0 saturated carbocycles. The summed E-state index contributed by atoms with van der Waals surface area (Å²) in [5, 5.41) is 3.94. The highest BCUT2D eigenvalue weighted by Gasteiger charge is 2.29. The topological polar surface area (TPSA) is 41.6 Å². The van der Waals surface area contributed by atoms with Gasteiger partial charge >= 0.3 is 5.97 Å². The molecule has 0 amide bonds. The maximum atomic E-state index is 12.0. The van der Waals surface area contributed by atoms with E-state index in [0.717, 1.165) is 31.7 Å². The van der Waals surface area contributed by atoms with E-state index in [1.807, 2.05) is 12.1 Å². The fraction of sp³-hybridized carbons (Fsp3) is 0.462. The van der Waals surface area contributed by atoms with Gasteiger partial charge in [0, 0.05) is 31.2 Å². The van der Waals surface area contributed by atoms with Crippen molar-refractivity contribution in [1.82, 2.24) is 10.2 Å². The normalized spacial score (nSPS) is 18.3. The summed E-state index contributed by atoms with van der Waals surface area (Å²) in [6.07, 6.45) is 0. The van der Waals surface area contributed by atoms with Crippen LogP contribution >= 0.6 is 11.6 Å². The quantitative estimate of drug-likeness (QED) is 0.843. The zero-order valence-corrected chi connectivity index (χ0v) is 11.1. The van der Waals surface area contributed by atoms with Gasteiger partial charge in [0.05, 0.1) is 7.11 Å². The fourth-order valence-electron chi connectivity index (χ4n) is 2.19. The van der Waals surface area contributed by atoms with E-state index in [0.29, 0.717) is 5.02 Å². The molecular weight excluding hydrogens is 252 g/mol. The highest BCUT2D eigenvalue weighted by Crippen LogP contribution is 2.24. The van der Waals surface area contributed by atoms with E-state index in [1.165, 1.54) is 7.11 Å². The van der Waals surface area contributed by atoms with Crippen LogP contribution in [0.1, 0.15) is 11.6 Å². The summed E-state index contributed by atoms with van der Waals surface area (Å²) >= 11 is 5.88. The third-order valence-electron chi connectivity index (χ3n) is 3.13. The Labute approximate surface area is 112 Å². The number of carbonyl (C=O) groups excluding carboxylic acids is 1. The number of rotatable bonds is 3. The van der Waals surface area contributed by atoms with Gasteiger partial charge in [0.1, 0.15) is 6.04 Å². The van der Waals surface area contributed by atoms with E-state index >= 15 is 0 Å². The van der Waals surface area contributed by atoms with Gasteiger partial charge in [0.2, 0.25) is 0 Å². The molecule has 0 aliphatic carbocycles. The van der Waals surface area contributed by atoms with Crippen LogP contribution < -0.4 is 5.32 Å². The monoisotopic (exact) mass is 268 g/mol. The molecular formula is C13H17ClN2O2. The number of methoxy groups -OCH3 is 1. The number of nitrogens with zero attached hydrogens (tertiary/aromatic N) is 1. The summed E-state index contributed by atoms with van der Waals surface area (Å²) in [7, 11) is 1.42. The second-order valence-corrected chi connectivity index (χ2v) is 4.70. The van der Waals surface area contributed by atoms with Crippen LogP contribution in [0.5, 0.6) is 0 Å². The second kappa shape index (κ2) is 6.18. The maximum absolute atomic E-state index is 12.0. The maximum Gasteiger partial charge on any atom is 0.327 e. The van der Waals surface area contributed by atoms with Crippen LogP contribution in [0.4, 0.5) is 0 Å². The van der Waals surface area contributed by atoms with Crippen LogP contribution in [0.3, 0.4) is 0 Å². The van der Waals surface area contributed by atoms with Gasteiger partial charge in [-0.2, -0.15) is 0 Å². The summed E-state index contributed by atoms with van der Waals surface area (Å²) in [4.78, 5) is 14.1. The molecule has 1 fully saturated rings. The Morgan fingerprint density at radius 3 is 2.50 bits per heavy atom. The molecule has 1 aromatic carbocycles. The van der Waals surface area contributed by atoms with Crippen molar-refractivity contribution in [3.63, 3.8) is 0 Å². The lowest BCUT2D eigenvalue weighted by molar-refractivity contribution is -0.147. The van der Waals surface area contributed by atoms with E-state index in [1.54, 1.807) is 12.1 Å². The Hall–Kier alpha value is -1.10. The first kappa shape index (κ1) is 13.3. The lowest BCUT2D eigenvalue weighted by Crippen LogP contribution is -2.47. The molecule has 2 rings (SSSR count). The summed E-state index contributed by atoms with van der Waals surface area (Å²) in [5.41, 5.74) is 0.924. The van der Waals surface area contributed by atoms with Gasteiger partial charge in [-0.05, 0) is 17.7 Å². The molecule has 0 bridgehead atoms. The van der Waals surface area contributed by atoms with E-state index in [4.69, 9.17) is 16.3 Å². The summed E-state index contributed by atoms with van der Waals surface area (Å²) in [6, 6.07) is 7.02. The molecule has 1 N–H and O–H groups in total. The number of hydrogen-bond donors (Lipinski definition) is 1. The van der Waals surface area contributed by atoms with Gasteiger partial charge < -0.3 is 10.1 Å². The molecule has 0 spiro atoms. The van der Waals surface area contributed by atoms with Crippen LogP contribution in [0.2, 0.25) is 5.02 Å². The first-order valence-electron chi connectivity index (χ1n) is 6.00. The highest BCUT2D eigenvalue weighted by atomic mass is 35.5. The van der Waals surface area contributed by atoms with Crippen molar-refractivity contribution in [1.29, 1.82) is 0 Å². The lowest BCUT2D eigenvalue weighted by Gasteiger charge is -2.33. The Morgan fingerprint density at radius 1 is 1.33 bits per heavy atom. The molecule has 1 aliphatic heterocycles. The minimum atomic E-state index is -0.339. The van der Waals surface area contributed by atoms with Crippen LogP contribution in [0, 0.1) is 0 Å². The summed E-state index contributed by atoms with van der Waals surface area (Å²) < 4.78 is 4.92. The molecule has 1 atom stereocenters. The van der Waals surface area contributed by atoms with Crippen LogP contribution in [0.15, 0.2) is 24.3 Å². The number of esters is 1. The molecule has 1 aromatic rings. The third-order valence-corrected chi connectivity index (χ3v) is 3.38. The molecule has 18 heavy (non-hydrogen) atoms.